The van der Waals surface area contributed by atoms with Crippen LogP contribution in [-0.4, -0.2) is 21.4 Å². The molecule has 0 saturated heterocycles. The molecule has 2 heterocycles. The van der Waals surface area contributed by atoms with E-state index in [4.69, 9.17) is 0 Å². The highest BCUT2D eigenvalue weighted by atomic mass is 79.9. The average molecular weight is 293 g/mol. The van der Waals surface area contributed by atoms with Crippen LogP contribution >= 0.6 is 15.9 Å². The monoisotopic (exact) mass is 292 g/mol. The molecule has 0 fully saturated rings. The molecule has 2 aromatic heterocycles. The molecule has 2 N–H and O–H groups in total. The van der Waals surface area contributed by atoms with E-state index in [9.17, 15) is 0 Å². The molecular formula is C12H13BrN4. The summed E-state index contributed by atoms with van der Waals surface area (Å²) >= 11 is 3.63. The van der Waals surface area contributed by atoms with Gasteiger partial charge in [-0.3, -0.25) is 4.40 Å². The van der Waals surface area contributed by atoms with E-state index < -0.39 is 0 Å². The van der Waals surface area contributed by atoms with Crippen LogP contribution in [0, 0.1) is 6.92 Å². The number of nitrogens with zero attached hydrogens (tertiary/aromatic N) is 2. The Morgan fingerprint density at radius 3 is 3.06 bits per heavy atom. The van der Waals surface area contributed by atoms with Crippen LogP contribution in [0.3, 0.4) is 0 Å². The number of halogens is 1. The predicted molar refractivity (Wildman–Crippen MR) is 72.2 cm³/mol. The lowest BCUT2D eigenvalue weighted by Crippen LogP contribution is -2.05. The Hall–Kier alpha value is -1.33. The second-order valence-electron chi connectivity index (χ2n) is 4.14. The van der Waals surface area contributed by atoms with Gasteiger partial charge in [0.15, 0.2) is 0 Å². The van der Waals surface area contributed by atoms with Gasteiger partial charge < -0.3 is 10.3 Å². The van der Waals surface area contributed by atoms with Crippen LogP contribution in [0.4, 0.5) is 0 Å². The number of imidazole rings is 2. The number of nitrogens with one attached hydrogen (secondary N) is 2. The predicted octanol–water partition coefficient (Wildman–Crippen LogP) is 2.61. The first-order valence-corrected chi connectivity index (χ1v) is 6.30. The van der Waals surface area contributed by atoms with E-state index in [1.807, 2.05) is 7.05 Å². The Morgan fingerprint density at radius 2 is 2.29 bits per heavy atom. The molecule has 0 spiro atoms. The Morgan fingerprint density at radius 1 is 1.47 bits per heavy atom. The Balaban J connectivity index is 2.38. The smallest absolute Gasteiger partial charge is 0.213 e. The van der Waals surface area contributed by atoms with Gasteiger partial charge in [0.2, 0.25) is 5.78 Å². The first-order valence-electron chi connectivity index (χ1n) is 5.51. The highest BCUT2D eigenvalue weighted by Gasteiger charge is 2.14. The van der Waals surface area contributed by atoms with Gasteiger partial charge >= 0.3 is 0 Å². The molecule has 0 atom stereocenters. The molecular weight excluding hydrogens is 280 g/mol. The van der Waals surface area contributed by atoms with Crippen molar-refractivity contribution in [3.8, 4) is 0 Å². The first kappa shape index (κ1) is 10.8. The Kier molecular flexibility index (Phi) is 2.45. The summed E-state index contributed by atoms with van der Waals surface area (Å²) in [5.41, 5.74) is 4.49. The molecule has 5 heteroatoms. The molecule has 3 rings (SSSR count). The van der Waals surface area contributed by atoms with Crippen LogP contribution in [0.5, 0.6) is 0 Å². The van der Waals surface area contributed by atoms with Gasteiger partial charge in [-0.2, -0.15) is 0 Å². The third-order valence-corrected chi connectivity index (χ3v) is 3.78. The van der Waals surface area contributed by atoms with Crippen molar-refractivity contribution in [2.45, 2.75) is 13.5 Å². The van der Waals surface area contributed by atoms with Crippen molar-refractivity contribution < 1.29 is 0 Å². The van der Waals surface area contributed by atoms with Crippen molar-refractivity contribution in [3.05, 3.63) is 34.1 Å². The van der Waals surface area contributed by atoms with Crippen molar-refractivity contribution >= 4 is 32.7 Å². The fraction of sp³-hybridized carbons (Fsp3) is 0.250. The summed E-state index contributed by atoms with van der Waals surface area (Å²) in [5, 5.41) is 3.13. The number of fused-ring (bicyclic) bond motifs is 3. The fourth-order valence-corrected chi connectivity index (χ4v) is 2.74. The molecule has 88 valence electrons. The summed E-state index contributed by atoms with van der Waals surface area (Å²) in [6.45, 7) is 2.87. The van der Waals surface area contributed by atoms with Crippen LogP contribution in [0.15, 0.2) is 22.8 Å². The Labute approximate surface area is 107 Å². The maximum absolute atomic E-state index is 4.63. The van der Waals surface area contributed by atoms with Crippen LogP contribution in [0.2, 0.25) is 0 Å². The van der Waals surface area contributed by atoms with Gasteiger partial charge in [-0.1, -0.05) is 12.1 Å². The van der Waals surface area contributed by atoms with Gasteiger partial charge in [0.05, 0.1) is 16.7 Å². The molecule has 0 aliphatic heterocycles. The number of benzene rings is 1. The third kappa shape index (κ3) is 1.50. The molecule has 0 unspecified atom stereocenters. The second-order valence-corrected chi connectivity index (χ2v) is 4.89. The lowest BCUT2D eigenvalue weighted by Gasteiger charge is -1.98. The molecule has 0 bridgehead atoms. The third-order valence-electron chi connectivity index (χ3n) is 2.95. The van der Waals surface area contributed by atoms with E-state index in [0.717, 1.165) is 33.7 Å². The molecule has 1 aromatic carbocycles. The molecule has 0 aliphatic rings. The number of hydrogen-bond acceptors (Lipinski definition) is 2. The molecule has 0 amide bonds. The minimum absolute atomic E-state index is 0.789. The zero-order chi connectivity index (χ0) is 12.0. The van der Waals surface area contributed by atoms with Crippen molar-refractivity contribution in [1.82, 2.24) is 19.7 Å². The number of para-hydroxylation sites is 1. The lowest BCUT2D eigenvalue weighted by atomic mass is 10.2. The van der Waals surface area contributed by atoms with E-state index >= 15 is 0 Å². The fourth-order valence-electron chi connectivity index (χ4n) is 2.14. The van der Waals surface area contributed by atoms with Crippen LogP contribution in [0.25, 0.3) is 16.8 Å². The molecule has 0 saturated carbocycles. The molecule has 0 aliphatic carbocycles. The average Bonchev–Trinajstić information content (AvgIpc) is 2.80. The number of hydrogen-bond donors (Lipinski definition) is 2. The maximum atomic E-state index is 4.63. The van der Waals surface area contributed by atoms with Gasteiger partial charge in [-0.25, -0.2) is 4.98 Å². The van der Waals surface area contributed by atoms with Crippen molar-refractivity contribution in [1.29, 1.82) is 0 Å². The van der Waals surface area contributed by atoms with E-state index in [-0.39, 0.29) is 0 Å². The summed E-state index contributed by atoms with van der Waals surface area (Å²) in [6, 6.07) is 6.23. The number of aromatic amines is 1. The highest BCUT2D eigenvalue weighted by molar-refractivity contribution is 9.10. The zero-order valence-corrected chi connectivity index (χ0v) is 11.3. The van der Waals surface area contributed by atoms with Crippen LogP contribution in [-0.2, 0) is 6.54 Å². The second kappa shape index (κ2) is 3.85. The van der Waals surface area contributed by atoms with Crippen molar-refractivity contribution in [2.75, 3.05) is 7.05 Å². The minimum Gasteiger partial charge on any atom is -0.325 e. The van der Waals surface area contributed by atoms with Gasteiger partial charge in [-0.15, -0.1) is 0 Å². The van der Waals surface area contributed by atoms with Gasteiger partial charge in [0, 0.05) is 6.54 Å². The van der Waals surface area contributed by atoms with Crippen molar-refractivity contribution in [2.24, 2.45) is 0 Å². The largest absolute Gasteiger partial charge is 0.325 e. The molecule has 4 nitrogen and oxygen atoms in total. The molecule has 3 aromatic rings. The van der Waals surface area contributed by atoms with Gasteiger partial charge in [0.25, 0.3) is 0 Å². The molecule has 0 radical (unpaired) electrons. The summed E-state index contributed by atoms with van der Waals surface area (Å²) in [6.07, 6.45) is 0. The van der Waals surface area contributed by atoms with Crippen LogP contribution < -0.4 is 5.32 Å². The van der Waals surface area contributed by atoms with Gasteiger partial charge in [0.1, 0.15) is 4.60 Å². The quantitative estimate of drug-likeness (QED) is 0.763. The lowest BCUT2D eigenvalue weighted by molar-refractivity contribution is 0.793. The standard InChI is InChI=1S/C12H13BrN4/c1-7-4-3-5-9-10(7)16-12-15-8(6-14-2)11(13)17(9)12/h3-5,14H,6H2,1-2H3,(H,15,16). The van der Waals surface area contributed by atoms with Crippen molar-refractivity contribution in [3.63, 3.8) is 0 Å². The van der Waals surface area contributed by atoms with E-state index in [1.165, 1.54) is 5.56 Å². The zero-order valence-electron chi connectivity index (χ0n) is 9.71. The summed E-state index contributed by atoms with van der Waals surface area (Å²) < 4.78 is 3.14. The SMILES string of the molecule is CNCc1[nH]c2nc3c(C)cccc3n2c1Br. The topological polar surface area (TPSA) is 45.1 Å². The molecule has 17 heavy (non-hydrogen) atoms. The number of aryl methyl sites for hydroxylation is 1. The number of H-pyrrole nitrogens is 1. The van der Waals surface area contributed by atoms with E-state index in [0.29, 0.717) is 0 Å². The summed E-state index contributed by atoms with van der Waals surface area (Å²) in [5.74, 6) is 0.881. The summed E-state index contributed by atoms with van der Waals surface area (Å²) in [4.78, 5) is 7.95. The number of aromatic nitrogens is 3. The maximum Gasteiger partial charge on any atom is 0.213 e. The van der Waals surface area contributed by atoms with E-state index in [1.54, 1.807) is 0 Å². The normalized spacial score (nSPS) is 11.7. The Bertz CT molecular complexity index is 695. The first-order chi connectivity index (χ1) is 8.22. The van der Waals surface area contributed by atoms with E-state index in [2.05, 4.69) is 60.7 Å². The van der Waals surface area contributed by atoms with Gasteiger partial charge in [-0.05, 0) is 41.5 Å². The highest BCUT2D eigenvalue weighted by Crippen LogP contribution is 2.26. The summed E-state index contributed by atoms with van der Waals surface area (Å²) in [7, 11) is 1.93. The number of rotatable bonds is 2. The minimum atomic E-state index is 0.789. The van der Waals surface area contributed by atoms with Crippen LogP contribution in [0.1, 0.15) is 11.3 Å².